The number of amides is 1. The summed E-state index contributed by atoms with van der Waals surface area (Å²) >= 11 is 0. The molecule has 0 bridgehead atoms. The third-order valence-electron chi connectivity index (χ3n) is 4.92. The van der Waals surface area contributed by atoms with E-state index < -0.39 is 11.7 Å². The van der Waals surface area contributed by atoms with Crippen molar-refractivity contribution in [1.82, 2.24) is 9.80 Å². The van der Waals surface area contributed by atoms with Crippen molar-refractivity contribution in [1.29, 1.82) is 0 Å². The first kappa shape index (κ1) is 20.2. The topological polar surface area (TPSA) is 35.6 Å². The number of nitrogens with one attached hydrogen (secondary N) is 1. The van der Waals surface area contributed by atoms with E-state index in [-0.39, 0.29) is 11.6 Å². The van der Waals surface area contributed by atoms with Gasteiger partial charge in [0.15, 0.2) is 0 Å². The van der Waals surface area contributed by atoms with Gasteiger partial charge in [0.1, 0.15) is 0 Å². The van der Waals surface area contributed by atoms with Crippen LogP contribution in [0.2, 0.25) is 0 Å². The average molecular weight is 391 g/mol. The molecule has 7 heteroatoms. The molecule has 28 heavy (non-hydrogen) atoms. The highest BCUT2D eigenvalue weighted by Crippen LogP contribution is 2.32. The molecule has 0 aliphatic carbocycles. The zero-order valence-electron chi connectivity index (χ0n) is 15.8. The maximum atomic E-state index is 12.9. The zero-order valence-corrected chi connectivity index (χ0v) is 15.8. The van der Waals surface area contributed by atoms with E-state index in [0.29, 0.717) is 17.8 Å². The van der Waals surface area contributed by atoms with Gasteiger partial charge in [-0.05, 0) is 56.3 Å². The number of anilines is 2. The van der Waals surface area contributed by atoms with E-state index in [1.54, 1.807) is 42.3 Å². The fourth-order valence-corrected chi connectivity index (χ4v) is 3.31. The van der Waals surface area contributed by atoms with Crippen molar-refractivity contribution in [2.24, 2.45) is 0 Å². The molecule has 0 radical (unpaired) electrons. The lowest BCUT2D eigenvalue weighted by molar-refractivity contribution is -0.137. The lowest BCUT2D eigenvalue weighted by Crippen LogP contribution is -2.35. The molecule has 0 spiro atoms. The van der Waals surface area contributed by atoms with E-state index in [0.717, 1.165) is 31.8 Å². The zero-order chi connectivity index (χ0) is 20.1. The highest BCUT2D eigenvalue weighted by Gasteiger charge is 2.30. The standard InChI is InChI=1S/C21H24F3N3O/c1-26(13-14-27-11-4-5-12-27)20(28)18-9-2-3-10-19(18)25-17-8-6-7-16(15-17)21(22,23)24/h2-3,6-10,15,25H,4-5,11-14H2,1H3. The fourth-order valence-electron chi connectivity index (χ4n) is 3.31. The number of halogens is 3. The van der Waals surface area contributed by atoms with E-state index in [2.05, 4.69) is 10.2 Å². The van der Waals surface area contributed by atoms with E-state index in [9.17, 15) is 18.0 Å². The van der Waals surface area contributed by atoms with Crippen molar-refractivity contribution in [3.8, 4) is 0 Å². The van der Waals surface area contributed by atoms with Crippen molar-refractivity contribution in [3.05, 3.63) is 59.7 Å². The first-order valence-corrected chi connectivity index (χ1v) is 9.36. The Bertz CT molecular complexity index is 817. The van der Waals surface area contributed by atoms with Crippen LogP contribution in [-0.2, 0) is 6.18 Å². The summed E-state index contributed by atoms with van der Waals surface area (Å²) in [4.78, 5) is 16.9. The number of carbonyl (C=O) groups excluding carboxylic acids is 1. The molecule has 1 fully saturated rings. The van der Waals surface area contributed by atoms with E-state index in [1.165, 1.54) is 18.9 Å². The normalized spacial score (nSPS) is 14.9. The van der Waals surface area contributed by atoms with E-state index >= 15 is 0 Å². The van der Waals surface area contributed by atoms with Crippen LogP contribution in [0.3, 0.4) is 0 Å². The second kappa shape index (κ2) is 8.65. The van der Waals surface area contributed by atoms with Crippen molar-refractivity contribution in [2.45, 2.75) is 19.0 Å². The molecular formula is C21H24F3N3O. The van der Waals surface area contributed by atoms with E-state index in [1.807, 2.05) is 0 Å². The van der Waals surface area contributed by atoms with Crippen LogP contribution < -0.4 is 5.32 Å². The molecule has 2 aromatic rings. The summed E-state index contributed by atoms with van der Waals surface area (Å²) < 4.78 is 38.8. The average Bonchev–Trinajstić information content (AvgIpc) is 3.19. The Morgan fingerprint density at radius 3 is 2.54 bits per heavy atom. The van der Waals surface area contributed by atoms with Gasteiger partial charge in [0.25, 0.3) is 5.91 Å². The Hall–Kier alpha value is -2.54. The Morgan fingerprint density at radius 1 is 1.11 bits per heavy atom. The molecular weight excluding hydrogens is 367 g/mol. The SMILES string of the molecule is CN(CCN1CCCC1)C(=O)c1ccccc1Nc1cccc(C(F)(F)F)c1. The van der Waals surface area contributed by atoms with Gasteiger partial charge < -0.3 is 15.1 Å². The molecule has 1 saturated heterocycles. The summed E-state index contributed by atoms with van der Waals surface area (Å²) in [5.41, 5.74) is 0.475. The summed E-state index contributed by atoms with van der Waals surface area (Å²) in [5.74, 6) is -0.158. The highest BCUT2D eigenvalue weighted by atomic mass is 19.4. The Morgan fingerprint density at radius 2 is 1.82 bits per heavy atom. The molecule has 1 N–H and O–H groups in total. The number of alkyl halides is 3. The van der Waals surface area contributed by atoms with Gasteiger partial charge in [-0.15, -0.1) is 0 Å². The van der Waals surface area contributed by atoms with Gasteiger partial charge in [0.2, 0.25) is 0 Å². The van der Waals surface area contributed by atoms with Crippen molar-refractivity contribution >= 4 is 17.3 Å². The third kappa shape index (κ3) is 5.04. The largest absolute Gasteiger partial charge is 0.416 e. The molecule has 0 aromatic heterocycles. The number of benzene rings is 2. The molecule has 0 unspecified atom stereocenters. The maximum Gasteiger partial charge on any atom is 0.416 e. The highest BCUT2D eigenvalue weighted by molar-refractivity contribution is 6.00. The number of likely N-dealkylation sites (N-methyl/N-ethyl adjacent to an activating group) is 1. The van der Waals surface area contributed by atoms with Gasteiger partial charge in [0, 0.05) is 25.8 Å². The fraction of sp³-hybridized carbons (Fsp3) is 0.381. The number of nitrogens with zero attached hydrogens (tertiary/aromatic N) is 2. The lowest BCUT2D eigenvalue weighted by atomic mass is 10.1. The third-order valence-corrected chi connectivity index (χ3v) is 4.92. The van der Waals surface area contributed by atoms with Crippen LogP contribution in [0.15, 0.2) is 48.5 Å². The Labute approximate surface area is 162 Å². The smallest absolute Gasteiger partial charge is 0.355 e. The van der Waals surface area contributed by atoms with Crippen molar-refractivity contribution in [3.63, 3.8) is 0 Å². The molecule has 1 aliphatic heterocycles. The summed E-state index contributed by atoms with van der Waals surface area (Å²) in [6.07, 6.45) is -2.02. The van der Waals surface area contributed by atoms with Gasteiger partial charge in [-0.25, -0.2) is 0 Å². The van der Waals surface area contributed by atoms with Crippen LogP contribution >= 0.6 is 0 Å². The summed E-state index contributed by atoms with van der Waals surface area (Å²) in [6, 6.07) is 11.8. The minimum atomic E-state index is -4.41. The molecule has 4 nitrogen and oxygen atoms in total. The van der Waals surface area contributed by atoms with Gasteiger partial charge in [0.05, 0.1) is 16.8 Å². The summed E-state index contributed by atoms with van der Waals surface area (Å²) in [5, 5.41) is 2.96. The van der Waals surface area contributed by atoms with Gasteiger partial charge in [-0.3, -0.25) is 4.79 Å². The van der Waals surface area contributed by atoms with Gasteiger partial charge in [-0.2, -0.15) is 13.2 Å². The number of hydrogen-bond acceptors (Lipinski definition) is 3. The number of hydrogen-bond donors (Lipinski definition) is 1. The predicted molar refractivity (Wildman–Crippen MR) is 104 cm³/mol. The van der Waals surface area contributed by atoms with Gasteiger partial charge in [-0.1, -0.05) is 18.2 Å². The molecule has 0 atom stereocenters. The van der Waals surface area contributed by atoms with Crippen LogP contribution in [0.1, 0.15) is 28.8 Å². The van der Waals surface area contributed by atoms with Crippen LogP contribution in [0.25, 0.3) is 0 Å². The molecule has 150 valence electrons. The number of carbonyl (C=O) groups is 1. The molecule has 3 rings (SSSR count). The minimum Gasteiger partial charge on any atom is -0.355 e. The minimum absolute atomic E-state index is 0.158. The number of rotatable bonds is 6. The van der Waals surface area contributed by atoms with Crippen LogP contribution in [0.4, 0.5) is 24.5 Å². The molecule has 1 amide bonds. The lowest BCUT2D eigenvalue weighted by Gasteiger charge is -2.23. The van der Waals surface area contributed by atoms with Crippen LogP contribution in [0, 0.1) is 0 Å². The van der Waals surface area contributed by atoms with Crippen molar-refractivity contribution in [2.75, 3.05) is 38.5 Å². The van der Waals surface area contributed by atoms with Crippen LogP contribution in [0.5, 0.6) is 0 Å². The Kier molecular flexibility index (Phi) is 6.24. The monoisotopic (exact) mass is 391 g/mol. The quantitative estimate of drug-likeness (QED) is 0.781. The molecule has 2 aromatic carbocycles. The summed E-state index contributed by atoms with van der Waals surface area (Å²) in [7, 11) is 1.75. The second-order valence-electron chi connectivity index (χ2n) is 7.02. The molecule has 1 aliphatic rings. The molecule has 0 saturated carbocycles. The molecule has 1 heterocycles. The second-order valence-corrected chi connectivity index (χ2v) is 7.02. The maximum absolute atomic E-state index is 12.9. The first-order valence-electron chi connectivity index (χ1n) is 9.36. The van der Waals surface area contributed by atoms with Crippen molar-refractivity contribution < 1.29 is 18.0 Å². The van der Waals surface area contributed by atoms with E-state index in [4.69, 9.17) is 0 Å². The number of likely N-dealkylation sites (tertiary alicyclic amines) is 1. The van der Waals surface area contributed by atoms with Gasteiger partial charge >= 0.3 is 6.18 Å². The van der Waals surface area contributed by atoms with Crippen LogP contribution in [-0.4, -0.2) is 48.9 Å². The number of para-hydroxylation sites is 1. The Balaban J connectivity index is 1.72. The first-order chi connectivity index (χ1) is 13.3. The summed E-state index contributed by atoms with van der Waals surface area (Å²) in [6.45, 7) is 3.56. The predicted octanol–water partition coefficient (Wildman–Crippen LogP) is 4.62.